The van der Waals surface area contributed by atoms with E-state index in [4.69, 9.17) is 11.5 Å². The molecule has 0 bridgehead atoms. The molecule has 17 heavy (non-hydrogen) atoms. The Kier molecular flexibility index (Phi) is 3.71. The van der Waals surface area contributed by atoms with Crippen LogP contribution in [-0.4, -0.2) is 9.97 Å². The van der Waals surface area contributed by atoms with Crippen molar-refractivity contribution in [2.45, 2.75) is 12.5 Å². The van der Waals surface area contributed by atoms with Crippen LogP contribution in [0.4, 0.5) is 5.69 Å². The largest absolute Gasteiger partial charge is 0.398 e. The Morgan fingerprint density at radius 1 is 1.24 bits per heavy atom. The summed E-state index contributed by atoms with van der Waals surface area (Å²) >= 11 is 3.34. The van der Waals surface area contributed by atoms with Gasteiger partial charge in [0.1, 0.15) is 0 Å². The Morgan fingerprint density at radius 3 is 2.71 bits per heavy atom. The maximum Gasteiger partial charge on any atom is 0.0575 e. The van der Waals surface area contributed by atoms with Crippen molar-refractivity contribution in [3.8, 4) is 0 Å². The van der Waals surface area contributed by atoms with Crippen LogP contribution >= 0.6 is 15.9 Å². The average Bonchev–Trinajstić information content (AvgIpc) is 2.33. The first kappa shape index (κ1) is 12.0. The van der Waals surface area contributed by atoms with Gasteiger partial charge in [0, 0.05) is 28.8 Å². The summed E-state index contributed by atoms with van der Waals surface area (Å²) in [6, 6.07) is 5.43. The van der Waals surface area contributed by atoms with Crippen LogP contribution in [0.3, 0.4) is 0 Å². The molecule has 0 saturated heterocycles. The van der Waals surface area contributed by atoms with Crippen molar-refractivity contribution in [2.75, 3.05) is 5.73 Å². The van der Waals surface area contributed by atoms with Crippen LogP contribution in [-0.2, 0) is 6.42 Å². The average molecular weight is 293 g/mol. The summed E-state index contributed by atoms with van der Waals surface area (Å²) in [5, 5.41) is 0. The van der Waals surface area contributed by atoms with Gasteiger partial charge in [0.05, 0.1) is 11.7 Å². The number of pyridine rings is 2. The molecule has 1 atom stereocenters. The van der Waals surface area contributed by atoms with Crippen molar-refractivity contribution in [3.05, 3.63) is 52.5 Å². The molecule has 2 aromatic rings. The summed E-state index contributed by atoms with van der Waals surface area (Å²) in [7, 11) is 0. The van der Waals surface area contributed by atoms with Gasteiger partial charge in [-0.05, 0) is 46.1 Å². The molecule has 0 aliphatic rings. The van der Waals surface area contributed by atoms with E-state index >= 15 is 0 Å². The number of nitrogens with two attached hydrogens (primary N) is 2. The number of rotatable bonds is 3. The second-order valence-electron chi connectivity index (χ2n) is 3.79. The summed E-state index contributed by atoms with van der Waals surface area (Å²) in [5.74, 6) is 0. The zero-order valence-electron chi connectivity index (χ0n) is 9.18. The normalized spacial score (nSPS) is 12.4. The van der Waals surface area contributed by atoms with Gasteiger partial charge in [-0.25, -0.2) is 0 Å². The SMILES string of the molecule is Nc1ccncc1CC(N)c1ccc(Br)cn1. The lowest BCUT2D eigenvalue weighted by molar-refractivity contribution is 0.695. The van der Waals surface area contributed by atoms with Crippen LogP contribution in [0.5, 0.6) is 0 Å². The maximum absolute atomic E-state index is 6.08. The quantitative estimate of drug-likeness (QED) is 0.908. The Balaban J connectivity index is 2.14. The second-order valence-corrected chi connectivity index (χ2v) is 4.70. The van der Waals surface area contributed by atoms with Gasteiger partial charge in [-0.2, -0.15) is 0 Å². The van der Waals surface area contributed by atoms with Crippen LogP contribution in [0.1, 0.15) is 17.3 Å². The van der Waals surface area contributed by atoms with Crippen LogP contribution < -0.4 is 11.5 Å². The lowest BCUT2D eigenvalue weighted by Gasteiger charge is -2.12. The second kappa shape index (κ2) is 5.25. The van der Waals surface area contributed by atoms with Crippen molar-refractivity contribution < 1.29 is 0 Å². The Bertz CT molecular complexity index is 498. The maximum atomic E-state index is 6.08. The van der Waals surface area contributed by atoms with Gasteiger partial charge in [-0.3, -0.25) is 9.97 Å². The lowest BCUT2D eigenvalue weighted by Crippen LogP contribution is -2.15. The fourth-order valence-corrected chi connectivity index (χ4v) is 1.79. The first-order valence-electron chi connectivity index (χ1n) is 5.22. The first-order chi connectivity index (χ1) is 8.16. The van der Waals surface area contributed by atoms with Gasteiger partial charge in [0.2, 0.25) is 0 Å². The molecule has 0 aromatic carbocycles. The summed E-state index contributed by atoms with van der Waals surface area (Å²) in [5.41, 5.74) is 14.4. The van der Waals surface area contributed by atoms with E-state index in [1.165, 1.54) is 0 Å². The molecule has 4 nitrogen and oxygen atoms in total. The van der Waals surface area contributed by atoms with E-state index in [1.54, 1.807) is 24.7 Å². The summed E-state index contributed by atoms with van der Waals surface area (Å²) in [6.07, 6.45) is 5.78. The molecule has 5 heteroatoms. The van der Waals surface area contributed by atoms with Crippen LogP contribution in [0.15, 0.2) is 41.3 Å². The fourth-order valence-electron chi connectivity index (χ4n) is 1.56. The number of hydrogen-bond acceptors (Lipinski definition) is 4. The van der Waals surface area contributed by atoms with Crippen molar-refractivity contribution in [1.29, 1.82) is 0 Å². The third kappa shape index (κ3) is 3.01. The predicted octanol–water partition coefficient (Wildman–Crippen LogP) is 2.06. The molecule has 0 saturated carbocycles. The van der Waals surface area contributed by atoms with E-state index in [-0.39, 0.29) is 6.04 Å². The molecule has 2 rings (SSSR count). The highest BCUT2D eigenvalue weighted by Gasteiger charge is 2.10. The molecule has 0 aliphatic carbocycles. The van der Waals surface area contributed by atoms with Crippen molar-refractivity contribution in [1.82, 2.24) is 9.97 Å². The summed E-state index contributed by atoms with van der Waals surface area (Å²) < 4.78 is 0.939. The van der Waals surface area contributed by atoms with E-state index < -0.39 is 0 Å². The minimum Gasteiger partial charge on any atom is -0.398 e. The molecule has 1 unspecified atom stereocenters. The summed E-state index contributed by atoms with van der Waals surface area (Å²) in [4.78, 5) is 8.31. The third-order valence-corrected chi connectivity index (χ3v) is 2.98. The fraction of sp³-hybridized carbons (Fsp3) is 0.167. The third-order valence-electron chi connectivity index (χ3n) is 2.51. The number of halogens is 1. The molecule has 4 N–H and O–H groups in total. The molecular weight excluding hydrogens is 280 g/mol. The van der Waals surface area contributed by atoms with Gasteiger partial charge in [-0.1, -0.05) is 0 Å². The molecule has 0 spiro atoms. The monoisotopic (exact) mass is 292 g/mol. The van der Waals surface area contributed by atoms with Crippen molar-refractivity contribution in [2.24, 2.45) is 5.73 Å². The molecular formula is C12H13BrN4. The number of nitrogens with zero attached hydrogens (tertiary/aromatic N) is 2. The number of anilines is 1. The van der Waals surface area contributed by atoms with Crippen LogP contribution in [0.25, 0.3) is 0 Å². The van der Waals surface area contributed by atoms with Crippen molar-refractivity contribution in [3.63, 3.8) is 0 Å². The van der Waals surface area contributed by atoms with Gasteiger partial charge < -0.3 is 11.5 Å². The predicted molar refractivity (Wildman–Crippen MR) is 71.2 cm³/mol. The Labute approximate surface area is 108 Å². The van der Waals surface area contributed by atoms with Crippen LogP contribution in [0.2, 0.25) is 0 Å². The molecule has 0 fully saturated rings. The lowest BCUT2D eigenvalue weighted by atomic mass is 10.0. The van der Waals surface area contributed by atoms with E-state index in [1.807, 2.05) is 12.1 Å². The molecule has 2 aromatic heterocycles. The van der Waals surface area contributed by atoms with Gasteiger partial charge in [0.25, 0.3) is 0 Å². The van der Waals surface area contributed by atoms with E-state index in [2.05, 4.69) is 25.9 Å². The molecule has 88 valence electrons. The minimum absolute atomic E-state index is 0.172. The van der Waals surface area contributed by atoms with Crippen LogP contribution in [0, 0.1) is 0 Å². The van der Waals surface area contributed by atoms with E-state index in [9.17, 15) is 0 Å². The first-order valence-corrected chi connectivity index (χ1v) is 6.01. The standard InChI is InChI=1S/C12H13BrN4/c13-9-1-2-12(17-7-9)11(15)5-8-6-16-4-3-10(8)14/h1-4,6-7,11H,5,15H2,(H2,14,16). The Hall–Kier alpha value is -1.46. The van der Waals surface area contributed by atoms with Gasteiger partial charge in [-0.15, -0.1) is 0 Å². The molecule has 2 heterocycles. The number of nitrogen functional groups attached to an aromatic ring is 1. The number of hydrogen-bond donors (Lipinski definition) is 2. The minimum atomic E-state index is -0.172. The zero-order chi connectivity index (χ0) is 12.3. The highest BCUT2D eigenvalue weighted by molar-refractivity contribution is 9.10. The topological polar surface area (TPSA) is 77.8 Å². The molecule has 0 aliphatic heterocycles. The Morgan fingerprint density at radius 2 is 2.06 bits per heavy atom. The van der Waals surface area contributed by atoms with Gasteiger partial charge in [0.15, 0.2) is 0 Å². The molecule has 0 amide bonds. The van der Waals surface area contributed by atoms with Crippen molar-refractivity contribution >= 4 is 21.6 Å². The van der Waals surface area contributed by atoms with E-state index in [0.29, 0.717) is 12.1 Å². The van der Waals surface area contributed by atoms with Gasteiger partial charge >= 0.3 is 0 Å². The smallest absolute Gasteiger partial charge is 0.0575 e. The highest BCUT2D eigenvalue weighted by Crippen LogP contribution is 2.19. The molecule has 0 radical (unpaired) electrons. The number of aromatic nitrogens is 2. The summed E-state index contributed by atoms with van der Waals surface area (Å²) in [6.45, 7) is 0. The highest BCUT2D eigenvalue weighted by atomic mass is 79.9. The zero-order valence-corrected chi connectivity index (χ0v) is 10.8. The van der Waals surface area contributed by atoms with E-state index in [0.717, 1.165) is 15.7 Å².